The molecule has 2 unspecified atom stereocenters. The monoisotopic (exact) mass is 434 g/mol. The lowest BCUT2D eigenvalue weighted by Crippen LogP contribution is -2.35. The minimum atomic E-state index is 0.275. The van der Waals surface area contributed by atoms with Crippen molar-refractivity contribution in [1.82, 2.24) is 24.8 Å². The van der Waals surface area contributed by atoms with Gasteiger partial charge in [0.15, 0.2) is 0 Å². The molecule has 2 aliphatic rings. The van der Waals surface area contributed by atoms with Crippen LogP contribution in [-0.4, -0.2) is 63.8 Å². The molecule has 0 amide bonds. The standard InChI is InChI=1S/C24H30N6O2/c1-17-14-19(7-11-32-17)23-26-15-22(28-23)21-6-8-25-24(29-21)27-20-4-2-18(3-5-20)16-30-9-12-31-13-10-30/h2-6,8,15,17,19H,7,9-14,16H2,1H3,(H,26,28)(H,25,27,29). The summed E-state index contributed by atoms with van der Waals surface area (Å²) in [5, 5.41) is 3.31. The smallest absolute Gasteiger partial charge is 0.227 e. The van der Waals surface area contributed by atoms with E-state index in [2.05, 4.69) is 61.3 Å². The topological polar surface area (TPSA) is 88.2 Å². The Bertz CT molecular complexity index is 1020. The largest absolute Gasteiger partial charge is 0.379 e. The number of aromatic nitrogens is 4. The third-order valence-corrected chi connectivity index (χ3v) is 6.12. The number of hydrogen-bond acceptors (Lipinski definition) is 7. The Labute approximate surface area is 188 Å². The molecule has 8 nitrogen and oxygen atoms in total. The highest BCUT2D eigenvalue weighted by Gasteiger charge is 2.23. The first-order valence-electron chi connectivity index (χ1n) is 11.4. The van der Waals surface area contributed by atoms with Crippen molar-refractivity contribution in [1.29, 1.82) is 0 Å². The van der Waals surface area contributed by atoms with E-state index in [0.717, 1.165) is 75.2 Å². The van der Waals surface area contributed by atoms with Crippen molar-refractivity contribution in [3.63, 3.8) is 0 Å². The third kappa shape index (κ3) is 5.15. The summed E-state index contributed by atoms with van der Waals surface area (Å²) in [6.45, 7) is 7.47. The Hall–Kier alpha value is -2.81. The first-order valence-corrected chi connectivity index (χ1v) is 11.4. The molecule has 2 atom stereocenters. The van der Waals surface area contributed by atoms with Crippen LogP contribution in [0.3, 0.4) is 0 Å². The molecule has 4 heterocycles. The summed E-state index contributed by atoms with van der Waals surface area (Å²) in [6, 6.07) is 10.4. The Kier molecular flexibility index (Phi) is 6.43. The number of H-pyrrole nitrogens is 1. The normalized spacial score (nSPS) is 22.0. The molecule has 5 rings (SSSR count). The minimum Gasteiger partial charge on any atom is -0.379 e. The lowest BCUT2D eigenvalue weighted by molar-refractivity contribution is 0.0174. The number of morpholine rings is 1. The fraction of sp³-hybridized carbons (Fsp3) is 0.458. The van der Waals surface area contributed by atoms with E-state index in [1.807, 2.05) is 12.3 Å². The van der Waals surface area contributed by atoms with Crippen molar-refractivity contribution in [3.05, 3.63) is 54.1 Å². The summed E-state index contributed by atoms with van der Waals surface area (Å²) >= 11 is 0. The van der Waals surface area contributed by atoms with Crippen molar-refractivity contribution in [2.45, 2.75) is 38.3 Å². The van der Waals surface area contributed by atoms with Crippen LogP contribution in [0.4, 0.5) is 11.6 Å². The van der Waals surface area contributed by atoms with E-state index in [1.165, 1.54) is 5.56 Å². The maximum atomic E-state index is 5.66. The molecule has 32 heavy (non-hydrogen) atoms. The van der Waals surface area contributed by atoms with E-state index in [9.17, 15) is 0 Å². The number of aromatic amines is 1. The maximum Gasteiger partial charge on any atom is 0.227 e. The van der Waals surface area contributed by atoms with Gasteiger partial charge in [0.05, 0.1) is 36.9 Å². The van der Waals surface area contributed by atoms with Gasteiger partial charge in [-0.1, -0.05) is 12.1 Å². The van der Waals surface area contributed by atoms with E-state index in [-0.39, 0.29) is 6.10 Å². The predicted molar refractivity (Wildman–Crippen MR) is 123 cm³/mol. The van der Waals surface area contributed by atoms with Crippen LogP contribution in [0.2, 0.25) is 0 Å². The van der Waals surface area contributed by atoms with Crippen molar-refractivity contribution in [3.8, 4) is 11.4 Å². The molecule has 3 aromatic rings. The Morgan fingerprint density at radius 3 is 2.75 bits per heavy atom. The fourth-order valence-corrected chi connectivity index (χ4v) is 4.33. The maximum absolute atomic E-state index is 5.66. The summed E-state index contributed by atoms with van der Waals surface area (Å²) in [7, 11) is 0. The molecule has 168 valence electrons. The van der Waals surface area contributed by atoms with Crippen molar-refractivity contribution < 1.29 is 9.47 Å². The number of hydrogen-bond donors (Lipinski definition) is 2. The van der Waals surface area contributed by atoms with Crippen LogP contribution >= 0.6 is 0 Å². The van der Waals surface area contributed by atoms with Crippen molar-refractivity contribution in [2.75, 3.05) is 38.2 Å². The number of imidazole rings is 1. The molecule has 8 heteroatoms. The van der Waals surface area contributed by atoms with Gasteiger partial charge in [-0.2, -0.15) is 0 Å². The van der Waals surface area contributed by atoms with Crippen molar-refractivity contribution >= 4 is 11.6 Å². The SMILES string of the molecule is CC1CC(c2ncc(-c3ccnc(Nc4ccc(CN5CCOCC5)cc4)n3)[nH]2)CCO1. The number of benzene rings is 1. The first-order chi connectivity index (χ1) is 15.7. The number of nitrogens with one attached hydrogen (secondary N) is 2. The first kappa shape index (κ1) is 21.1. The summed E-state index contributed by atoms with van der Waals surface area (Å²) in [6.07, 6.45) is 5.90. The number of anilines is 2. The molecule has 2 fully saturated rings. The van der Waals surface area contributed by atoms with E-state index >= 15 is 0 Å². The highest BCUT2D eigenvalue weighted by Crippen LogP contribution is 2.29. The van der Waals surface area contributed by atoms with Gasteiger partial charge in [-0.15, -0.1) is 0 Å². The number of rotatable bonds is 6. The summed E-state index contributed by atoms with van der Waals surface area (Å²) in [4.78, 5) is 19.6. The Morgan fingerprint density at radius 2 is 1.94 bits per heavy atom. The molecule has 0 bridgehead atoms. The zero-order valence-corrected chi connectivity index (χ0v) is 18.5. The molecular formula is C24H30N6O2. The zero-order valence-electron chi connectivity index (χ0n) is 18.5. The van der Waals surface area contributed by atoms with Gasteiger partial charge in [0.1, 0.15) is 5.82 Å². The molecule has 2 aromatic heterocycles. The molecule has 2 N–H and O–H groups in total. The second-order valence-corrected chi connectivity index (χ2v) is 8.56. The quantitative estimate of drug-likeness (QED) is 0.611. The van der Waals surface area contributed by atoms with Crippen LogP contribution in [0.1, 0.15) is 37.1 Å². The summed E-state index contributed by atoms with van der Waals surface area (Å²) in [5.74, 6) is 1.99. The molecule has 2 saturated heterocycles. The van der Waals surface area contributed by atoms with Gasteiger partial charge in [-0.3, -0.25) is 4.90 Å². The summed E-state index contributed by atoms with van der Waals surface area (Å²) < 4.78 is 11.1. The van der Waals surface area contributed by atoms with Crippen LogP contribution in [0.5, 0.6) is 0 Å². The van der Waals surface area contributed by atoms with Crippen LogP contribution in [0, 0.1) is 0 Å². The molecular weight excluding hydrogens is 404 g/mol. The van der Waals surface area contributed by atoms with E-state index < -0.39 is 0 Å². The van der Waals surface area contributed by atoms with Crippen molar-refractivity contribution in [2.24, 2.45) is 0 Å². The Morgan fingerprint density at radius 1 is 1.09 bits per heavy atom. The molecule has 0 aliphatic carbocycles. The van der Waals surface area contributed by atoms with Gasteiger partial charge < -0.3 is 19.8 Å². The lowest BCUT2D eigenvalue weighted by atomic mass is 9.96. The average molecular weight is 435 g/mol. The highest BCUT2D eigenvalue weighted by atomic mass is 16.5. The van der Waals surface area contributed by atoms with Gasteiger partial charge in [0.2, 0.25) is 5.95 Å². The second kappa shape index (κ2) is 9.77. The molecule has 1 aromatic carbocycles. The van der Waals surface area contributed by atoms with Crippen LogP contribution < -0.4 is 5.32 Å². The van der Waals surface area contributed by atoms with Gasteiger partial charge >= 0.3 is 0 Å². The van der Waals surface area contributed by atoms with Gasteiger partial charge in [0.25, 0.3) is 0 Å². The zero-order chi connectivity index (χ0) is 21.8. The predicted octanol–water partition coefficient (Wildman–Crippen LogP) is 3.73. The second-order valence-electron chi connectivity index (χ2n) is 8.56. The van der Waals surface area contributed by atoms with Crippen LogP contribution in [0.15, 0.2) is 42.7 Å². The molecule has 0 radical (unpaired) electrons. The molecule has 0 saturated carbocycles. The average Bonchev–Trinajstić information content (AvgIpc) is 3.32. The third-order valence-electron chi connectivity index (χ3n) is 6.12. The van der Waals surface area contributed by atoms with E-state index in [4.69, 9.17) is 9.47 Å². The fourth-order valence-electron chi connectivity index (χ4n) is 4.33. The number of ether oxygens (including phenoxy) is 2. The van der Waals surface area contributed by atoms with Gasteiger partial charge in [-0.25, -0.2) is 15.0 Å². The molecule has 2 aliphatic heterocycles. The van der Waals surface area contributed by atoms with E-state index in [0.29, 0.717) is 11.9 Å². The summed E-state index contributed by atoms with van der Waals surface area (Å²) in [5.41, 5.74) is 3.99. The van der Waals surface area contributed by atoms with Crippen LogP contribution in [-0.2, 0) is 16.0 Å². The van der Waals surface area contributed by atoms with Crippen LogP contribution in [0.25, 0.3) is 11.4 Å². The van der Waals surface area contributed by atoms with Gasteiger partial charge in [0, 0.05) is 44.0 Å². The Balaban J connectivity index is 1.23. The molecule has 0 spiro atoms. The highest BCUT2D eigenvalue weighted by molar-refractivity contribution is 5.58. The minimum absolute atomic E-state index is 0.275. The van der Waals surface area contributed by atoms with E-state index in [1.54, 1.807) is 6.20 Å². The van der Waals surface area contributed by atoms with Gasteiger partial charge in [-0.05, 0) is 43.5 Å². The lowest BCUT2D eigenvalue weighted by Gasteiger charge is -2.26. The number of nitrogens with zero attached hydrogens (tertiary/aromatic N) is 4.